The highest BCUT2D eigenvalue weighted by Gasteiger charge is 2.41. The normalized spacial score (nSPS) is 22.2. The number of carbonyl (C=O) groups excluding carboxylic acids is 1. The van der Waals surface area contributed by atoms with Crippen LogP contribution in [0.4, 0.5) is 4.39 Å². The van der Waals surface area contributed by atoms with Crippen molar-refractivity contribution in [2.75, 3.05) is 13.2 Å². The van der Waals surface area contributed by atoms with Crippen LogP contribution in [0.5, 0.6) is 0 Å². The second-order valence-corrected chi connectivity index (χ2v) is 7.33. The molecule has 0 N–H and O–H groups in total. The summed E-state index contributed by atoms with van der Waals surface area (Å²) in [5, 5.41) is 0. The van der Waals surface area contributed by atoms with Crippen LogP contribution in [0.3, 0.4) is 0 Å². The number of nitrogens with zero attached hydrogens (tertiary/aromatic N) is 1. The molecule has 1 atom stereocenters. The first-order valence-corrected chi connectivity index (χ1v) is 7.30. The minimum Gasteiger partial charge on any atom is -0.369 e. The lowest BCUT2D eigenvalue weighted by Crippen LogP contribution is -2.58. The van der Waals surface area contributed by atoms with Gasteiger partial charge in [-0.15, -0.1) is 0 Å². The largest absolute Gasteiger partial charge is 0.369 e. The topological polar surface area (TPSA) is 29.5 Å². The van der Waals surface area contributed by atoms with Gasteiger partial charge in [0, 0.05) is 5.41 Å². The Kier molecular flexibility index (Phi) is 4.11. The smallest absolute Gasteiger partial charge is 0.228 e. The molecule has 1 heterocycles. The Morgan fingerprint density at radius 2 is 1.86 bits per heavy atom. The van der Waals surface area contributed by atoms with E-state index in [1.54, 1.807) is 12.1 Å². The van der Waals surface area contributed by atoms with Crippen molar-refractivity contribution >= 4 is 5.91 Å². The molecule has 0 saturated carbocycles. The van der Waals surface area contributed by atoms with Gasteiger partial charge in [-0.25, -0.2) is 4.39 Å². The van der Waals surface area contributed by atoms with Gasteiger partial charge < -0.3 is 9.64 Å². The number of hydrogen-bond acceptors (Lipinski definition) is 2. The van der Waals surface area contributed by atoms with Crippen LogP contribution in [0.1, 0.15) is 46.3 Å². The molecule has 1 aromatic rings. The van der Waals surface area contributed by atoms with E-state index in [2.05, 4.69) is 0 Å². The number of morpholine rings is 1. The standard InChI is InChI=1S/C17H24FNO2/c1-16(2,3)15(20)19-10-14(21-11-17(19,4)5)12-6-8-13(18)9-7-12/h6-9,14H,10-11H2,1-5H3. The first-order chi connectivity index (χ1) is 9.61. The van der Waals surface area contributed by atoms with Gasteiger partial charge in [-0.05, 0) is 31.5 Å². The average molecular weight is 293 g/mol. The summed E-state index contributed by atoms with van der Waals surface area (Å²) in [6.07, 6.45) is -0.204. The lowest BCUT2D eigenvalue weighted by molar-refractivity contribution is -0.163. The van der Waals surface area contributed by atoms with Crippen molar-refractivity contribution in [3.63, 3.8) is 0 Å². The van der Waals surface area contributed by atoms with E-state index < -0.39 is 5.41 Å². The van der Waals surface area contributed by atoms with Crippen LogP contribution in [0.15, 0.2) is 24.3 Å². The van der Waals surface area contributed by atoms with Gasteiger partial charge in [-0.3, -0.25) is 4.79 Å². The first kappa shape index (κ1) is 16.0. The summed E-state index contributed by atoms with van der Waals surface area (Å²) in [6, 6.07) is 6.29. The Morgan fingerprint density at radius 3 is 2.38 bits per heavy atom. The van der Waals surface area contributed by atoms with Crippen LogP contribution in [-0.2, 0) is 9.53 Å². The average Bonchev–Trinajstić information content (AvgIpc) is 2.38. The number of amides is 1. The molecule has 1 aliphatic heterocycles. The minimum atomic E-state index is -0.429. The molecule has 1 saturated heterocycles. The van der Waals surface area contributed by atoms with Crippen molar-refractivity contribution in [2.45, 2.75) is 46.3 Å². The molecule has 0 radical (unpaired) electrons. The van der Waals surface area contributed by atoms with Gasteiger partial charge in [0.05, 0.1) is 18.7 Å². The maximum absolute atomic E-state index is 13.0. The number of benzene rings is 1. The van der Waals surface area contributed by atoms with E-state index in [4.69, 9.17) is 4.74 Å². The molecule has 1 unspecified atom stereocenters. The predicted molar refractivity (Wildman–Crippen MR) is 80.3 cm³/mol. The molecule has 0 bridgehead atoms. The van der Waals surface area contributed by atoms with Gasteiger partial charge in [0.1, 0.15) is 11.9 Å². The maximum atomic E-state index is 13.0. The van der Waals surface area contributed by atoms with Gasteiger partial charge in [0.15, 0.2) is 0 Å². The fourth-order valence-electron chi connectivity index (χ4n) is 2.49. The number of halogens is 1. The van der Waals surface area contributed by atoms with E-state index in [1.165, 1.54) is 12.1 Å². The van der Waals surface area contributed by atoms with Crippen LogP contribution in [0, 0.1) is 11.2 Å². The zero-order valence-electron chi connectivity index (χ0n) is 13.4. The van der Waals surface area contributed by atoms with Crippen molar-refractivity contribution in [3.05, 3.63) is 35.6 Å². The summed E-state index contributed by atoms with van der Waals surface area (Å²) >= 11 is 0. The van der Waals surface area contributed by atoms with Crippen molar-refractivity contribution < 1.29 is 13.9 Å². The second-order valence-electron chi connectivity index (χ2n) is 7.33. The predicted octanol–water partition coefficient (Wildman–Crippen LogP) is 3.55. The number of rotatable bonds is 1. The fourth-order valence-corrected chi connectivity index (χ4v) is 2.49. The zero-order valence-corrected chi connectivity index (χ0v) is 13.4. The lowest BCUT2D eigenvalue weighted by atomic mass is 9.89. The molecular formula is C17H24FNO2. The first-order valence-electron chi connectivity index (χ1n) is 7.30. The molecule has 1 amide bonds. The zero-order chi connectivity index (χ0) is 15.8. The number of carbonyl (C=O) groups is 1. The van der Waals surface area contributed by atoms with E-state index in [9.17, 15) is 9.18 Å². The highest BCUT2D eigenvalue weighted by molar-refractivity contribution is 5.82. The SMILES string of the molecule is CC(C)(C)C(=O)N1CC(c2ccc(F)cc2)OCC1(C)C. The van der Waals surface area contributed by atoms with Crippen LogP contribution in [0.25, 0.3) is 0 Å². The number of hydrogen-bond donors (Lipinski definition) is 0. The number of ether oxygens (including phenoxy) is 1. The van der Waals surface area contributed by atoms with Crippen molar-refractivity contribution in [2.24, 2.45) is 5.41 Å². The highest BCUT2D eigenvalue weighted by Crippen LogP contribution is 2.33. The van der Waals surface area contributed by atoms with Crippen LogP contribution < -0.4 is 0 Å². The third-order valence-corrected chi connectivity index (χ3v) is 3.85. The Hall–Kier alpha value is -1.42. The molecule has 1 aliphatic rings. The van der Waals surface area contributed by atoms with Gasteiger partial charge in [-0.2, -0.15) is 0 Å². The summed E-state index contributed by atoms with van der Waals surface area (Å²) in [4.78, 5) is 14.6. The Morgan fingerprint density at radius 1 is 1.29 bits per heavy atom. The van der Waals surface area contributed by atoms with Gasteiger partial charge in [0.2, 0.25) is 5.91 Å². The highest BCUT2D eigenvalue weighted by atomic mass is 19.1. The quantitative estimate of drug-likeness (QED) is 0.792. The van der Waals surface area contributed by atoms with Crippen LogP contribution in [-0.4, -0.2) is 29.5 Å². The molecule has 2 rings (SSSR count). The van der Waals surface area contributed by atoms with E-state index >= 15 is 0 Å². The van der Waals surface area contributed by atoms with E-state index in [-0.39, 0.29) is 23.4 Å². The monoisotopic (exact) mass is 293 g/mol. The van der Waals surface area contributed by atoms with E-state index in [0.717, 1.165) is 5.56 Å². The molecule has 4 heteroatoms. The molecule has 0 aliphatic carbocycles. The van der Waals surface area contributed by atoms with Gasteiger partial charge in [0.25, 0.3) is 0 Å². The molecule has 21 heavy (non-hydrogen) atoms. The molecule has 0 aromatic heterocycles. The fraction of sp³-hybridized carbons (Fsp3) is 0.588. The Bertz CT molecular complexity index is 517. The summed E-state index contributed by atoms with van der Waals surface area (Å²) < 4.78 is 18.9. The van der Waals surface area contributed by atoms with E-state index in [0.29, 0.717) is 13.2 Å². The van der Waals surface area contributed by atoms with Crippen molar-refractivity contribution in [3.8, 4) is 0 Å². The second kappa shape index (κ2) is 5.41. The van der Waals surface area contributed by atoms with Gasteiger partial charge >= 0.3 is 0 Å². The van der Waals surface area contributed by atoms with Crippen molar-refractivity contribution in [1.82, 2.24) is 4.90 Å². The summed E-state index contributed by atoms with van der Waals surface area (Å²) in [7, 11) is 0. The molecule has 0 spiro atoms. The lowest BCUT2D eigenvalue weighted by Gasteiger charge is -2.47. The molecular weight excluding hydrogens is 269 g/mol. The van der Waals surface area contributed by atoms with E-state index in [1.807, 2.05) is 39.5 Å². The summed E-state index contributed by atoms with van der Waals surface area (Å²) in [5.74, 6) is -0.152. The molecule has 1 fully saturated rings. The molecule has 1 aromatic carbocycles. The van der Waals surface area contributed by atoms with Crippen LogP contribution in [0.2, 0.25) is 0 Å². The van der Waals surface area contributed by atoms with Crippen molar-refractivity contribution in [1.29, 1.82) is 0 Å². The Labute approximate surface area is 126 Å². The molecule has 3 nitrogen and oxygen atoms in total. The maximum Gasteiger partial charge on any atom is 0.228 e. The minimum absolute atomic E-state index is 0.114. The third-order valence-electron chi connectivity index (χ3n) is 3.85. The van der Waals surface area contributed by atoms with Gasteiger partial charge in [-0.1, -0.05) is 32.9 Å². The summed E-state index contributed by atoms with van der Waals surface area (Å²) in [5.41, 5.74) is 0.140. The third kappa shape index (κ3) is 3.43. The van der Waals surface area contributed by atoms with Crippen LogP contribution >= 0.6 is 0 Å². The molecule has 116 valence electrons. The Balaban J connectivity index is 2.23. The summed E-state index contributed by atoms with van der Waals surface area (Å²) in [6.45, 7) is 10.8.